The molecule has 0 amide bonds. The van der Waals surface area contributed by atoms with Crippen molar-refractivity contribution in [2.45, 2.75) is 20.3 Å². The highest BCUT2D eigenvalue weighted by Gasteiger charge is 2.09. The van der Waals surface area contributed by atoms with Gasteiger partial charge in [-0.05, 0) is 25.5 Å². The van der Waals surface area contributed by atoms with Crippen molar-refractivity contribution in [3.05, 3.63) is 41.5 Å². The Hall–Kier alpha value is -2.50. The van der Waals surface area contributed by atoms with Crippen molar-refractivity contribution in [1.82, 2.24) is 15.0 Å². The van der Waals surface area contributed by atoms with E-state index >= 15 is 0 Å². The monoisotopic (exact) mass is 259 g/mol. The number of carboxylic acid groups (broad SMARTS) is 1. The first-order valence-electron chi connectivity index (χ1n) is 5.80. The van der Waals surface area contributed by atoms with Crippen LogP contribution in [0.1, 0.15) is 28.7 Å². The minimum absolute atomic E-state index is 0.0186. The molecule has 0 aromatic carbocycles. The zero-order valence-electron chi connectivity index (χ0n) is 10.6. The van der Waals surface area contributed by atoms with Crippen molar-refractivity contribution in [2.75, 3.05) is 0 Å². The van der Waals surface area contributed by atoms with Crippen LogP contribution >= 0.6 is 0 Å². The van der Waals surface area contributed by atoms with Gasteiger partial charge in [-0.3, -0.25) is 4.98 Å². The van der Waals surface area contributed by atoms with E-state index in [2.05, 4.69) is 15.0 Å². The number of carboxylic acids is 1. The molecule has 2 aromatic rings. The summed E-state index contributed by atoms with van der Waals surface area (Å²) >= 11 is 0. The molecule has 0 saturated carbocycles. The standard InChI is InChI=1S/C13H13N3O3/c1-3-10-11(5-4-8(2)16-10)19-13-14-6-9(7-15-13)12(17)18/h4-7H,3H2,1-2H3,(H,17,18). The molecule has 0 atom stereocenters. The molecular formula is C13H13N3O3. The van der Waals surface area contributed by atoms with Gasteiger partial charge in [0.2, 0.25) is 0 Å². The summed E-state index contributed by atoms with van der Waals surface area (Å²) in [7, 11) is 0. The summed E-state index contributed by atoms with van der Waals surface area (Å²) in [5.74, 6) is -0.492. The van der Waals surface area contributed by atoms with Gasteiger partial charge >= 0.3 is 12.0 Å². The molecule has 0 bridgehead atoms. The predicted octanol–water partition coefficient (Wildman–Crippen LogP) is 2.23. The van der Waals surface area contributed by atoms with Gasteiger partial charge in [0, 0.05) is 18.1 Å². The highest BCUT2D eigenvalue weighted by molar-refractivity contribution is 5.86. The third-order valence-electron chi connectivity index (χ3n) is 2.48. The van der Waals surface area contributed by atoms with Crippen LogP contribution in [0.3, 0.4) is 0 Å². The van der Waals surface area contributed by atoms with Crippen LogP contribution in [0.25, 0.3) is 0 Å². The molecule has 0 radical (unpaired) electrons. The lowest BCUT2D eigenvalue weighted by Crippen LogP contribution is -2.01. The van der Waals surface area contributed by atoms with E-state index in [9.17, 15) is 4.79 Å². The van der Waals surface area contributed by atoms with Gasteiger partial charge < -0.3 is 9.84 Å². The van der Waals surface area contributed by atoms with E-state index in [-0.39, 0.29) is 11.6 Å². The molecule has 0 unspecified atom stereocenters. The van der Waals surface area contributed by atoms with Crippen molar-refractivity contribution in [2.24, 2.45) is 0 Å². The molecule has 0 aliphatic heterocycles. The number of hydrogen-bond donors (Lipinski definition) is 1. The molecule has 0 saturated heterocycles. The molecule has 6 heteroatoms. The number of rotatable bonds is 4. The van der Waals surface area contributed by atoms with Crippen LogP contribution in [0.15, 0.2) is 24.5 Å². The Balaban J connectivity index is 2.23. The maximum atomic E-state index is 10.7. The van der Waals surface area contributed by atoms with Crippen LogP contribution in [0, 0.1) is 6.92 Å². The van der Waals surface area contributed by atoms with Gasteiger partial charge in [-0.1, -0.05) is 6.92 Å². The van der Waals surface area contributed by atoms with Gasteiger partial charge in [-0.2, -0.15) is 0 Å². The third kappa shape index (κ3) is 3.04. The number of nitrogens with zero attached hydrogens (tertiary/aromatic N) is 3. The minimum Gasteiger partial charge on any atom is -0.478 e. The second kappa shape index (κ2) is 5.43. The summed E-state index contributed by atoms with van der Waals surface area (Å²) < 4.78 is 5.51. The lowest BCUT2D eigenvalue weighted by Gasteiger charge is -2.08. The highest BCUT2D eigenvalue weighted by atomic mass is 16.5. The van der Waals surface area contributed by atoms with Gasteiger partial charge in [0.15, 0.2) is 5.75 Å². The van der Waals surface area contributed by atoms with Crippen LogP contribution in [0.2, 0.25) is 0 Å². The number of aromatic nitrogens is 3. The Bertz CT molecular complexity index is 597. The molecule has 1 N–H and O–H groups in total. The van der Waals surface area contributed by atoms with Crippen molar-refractivity contribution < 1.29 is 14.6 Å². The van der Waals surface area contributed by atoms with Gasteiger partial charge in [0.1, 0.15) is 0 Å². The smallest absolute Gasteiger partial charge is 0.338 e. The maximum Gasteiger partial charge on any atom is 0.338 e. The number of ether oxygens (including phenoxy) is 1. The largest absolute Gasteiger partial charge is 0.478 e. The van der Waals surface area contributed by atoms with Crippen molar-refractivity contribution in [1.29, 1.82) is 0 Å². The molecule has 6 nitrogen and oxygen atoms in total. The van der Waals surface area contributed by atoms with E-state index < -0.39 is 5.97 Å². The first-order valence-corrected chi connectivity index (χ1v) is 5.80. The van der Waals surface area contributed by atoms with Gasteiger partial charge in [0.05, 0.1) is 11.3 Å². The Labute approximate surface area is 110 Å². The lowest BCUT2D eigenvalue weighted by atomic mass is 10.2. The molecule has 0 fully saturated rings. The molecule has 0 aliphatic carbocycles. The molecule has 2 rings (SSSR count). The number of aryl methyl sites for hydroxylation is 2. The topological polar surface area (TPSA) is 85.2 Å². The van der Waals surface area contributed by atoms with E-state index in [0.717, 1.165) is 17.8 Å². The molecule has 98 valence electrons. The fraction of sp³-hybridized carbons (Fsp3) is 0.231. The number of aromatic carboxylic acids is 1. The molecule has 2 aromatic heterocycles. The second-order valence-corrected chi connectivity index (χ2v) is 3.91. The van der Waals surface area contributed by atoms with Crippen LogP contribution in [0.5, 0.6) is 11.8 Å². The summed E-state index contributed by atoms with van der Waals surface area (Å²) in [5, 5.41) is 8.75. The van der Waals surface area contributed by atoms with Crippen LogP contribution in [-0.4, -0.2) is 26.0 Å². The van der Waals surface area contributed by atoms with Crippen LogP contribution < -0.4 is 4.74 Å². The minimum atomic E-state index is -1.07. The predicted molar refractivity (Wildman–Crippen MR) is 67.4 cm³/mol. The number of pyridine rings is 1. The summed E-state index contributed by atoms with van der Waals surface area (Å²) in [6, 6.07) is 3.74. The third-order valence-corrected chi connectivity index (χ3v) is 2.48. The zero-order chi connectivity index (χ0) is 13.8. The average molecular weight is 259 g/mol. The lowest BCUT2D eigenvalue weighted by molar-refractivity contribution is 0.0696. The van der Waals surface area contributed by atoms with Crippen molar-refractivity contribution >= 4 is 5.97 Å². The first kappa shape index (κ1) is 12.9. The highest BCUT2D eigenvalue weighted by Crippen LogP contribution is 2.22. The number of hydrogen-bond acceptors (Lipinski definition) is 5. The van der Waals surface area contributed by atoms with Gasteiger partial charge in [-0.15, -0.1) is 0 Å². The summed E-state index contributed by atoms with van der Waals surface area (Å²) in [5.41, 5.74) is 1.74. The average Bonchev–Trinajstić information content (AvgIpc) is 2.41. The van der Waals surface area contributed by atoms with Gasteiger partial charge in [-0.25, -0.2) is 14.8 Å². The number of carbonyl (C=O) groups is 1. The van der Waals surface area contributed by atoms with Crippen LogP contribution in [0.4, 0.5) is 0 Å². The van der Waals surface area contributed by atoms with E-state index in [0.29, 0.717) is 5.75 Å². The SMILES string of the molecule is CCc1nc(C)ccc1Oc1ncc(C(=O)O)cn1. The Morgan fingerprint density at radius 2 is 2.00 bits per heavy atom. The molecule has 2 heterocycles. The first-order chi connectivity index (χ1) is 9.10. The van der Waals surface area contributed by atoms with Crippen molar-refractivity contribution in [3.63, 3.8) is 0 Å². The molecule has 0 spiro atoms. The van der Waals surface area contributed by atoms with E-state index in [1.807, 2.05) is 19.9 Å². The van der Waals surface area contributed by atoms with Crippen LogP contribution in [-0.2, 0) is 6.42 Å². The Morgan fingerprint density at radius 3 is 2.58 bits per heavy atom. The molecule has 19 heavy (non-hydrogen) atoms. The summed E-state index contributed by atoms with van der Waals surface area (Å²) in [4.78, 5) is 22.7. The van der Waals surface area contributed by atoms with E-state index in [1.165, 1.54) is 12.4 Å². The van der Waals surface area contributed by atoms with E-state index in [1.54, 1.807) is 6.07 Å². The van der Waals surface area contributed by atoms with Gasteiger partial charge in [0.25, 0.3) is 0 Å². The summed E-state index contributed by atoms with van der Waals surface area (Å²) in [6.45, 7) is 3.88. The normalized spacial score (nSPS) is 10.2. The summed E-state index contributed by atoms with van der Waals surface area (Å²) in [6.07, 6.45) is 3.14. The zero-order valence-corrected chi connectivity index (χ0v) is 10.6. The fourth-order valence-electron chi connectivity index (χ4n) is 1.52. The molecule has 0 aliphatic rings. The Kier molecular flexibility index (Phi) is 3.70. The quantitative estimate of drug-likeness (QED) is 0.906. The molecular weight excluding hydrogens is 246 g/mol. The maximum absolute atomic E-state index is 10.7. The van der Waals surface area contributed by atoms with E-state index in [4.69, 9.17) is 9.84 Å². The fourth-order valence-corrected chi connectivity index (χ4v) is 1.52. The Morgan fingerprint density at radius 1 is 1.32 bits per heavy atom. The van der Waals surface area contributed by atoms with Crippen molar-refractivity contribution in [3.8, 4) is 11.8 Å². The second-order valence-electron chi connectivity index (χ2n) is 3.91.